The lowest BCUT2D eigenvalue weighted by Gasteiger charge is -2.33. The summed E-state index contributed by atoms with van der Waals surface area (Å²) in [5.74, 6) is -0.405. The highest BCUT2D eigenvalue weighted by atomic mass is 16.4. The number of hydrogen-bond donors (Lipinski definition) is 2. The predicted octanol–water partition coefficient (Wildman–Crippen LogP) is 1.49. The number of hydrogen-bond acceptors (Lipinski definition) is 4. The molecule has 0 bridgehead atoms. The summed E-state index contributed by atoms with van der Waals surface area (Å²) in [6.45, 7) is 5.92. The van der Waals surface area contributed by atoms with Crippen molar-refractivity contribution >= 4 is 5.97 Å². The van der Waals surface area contributed by atoms with E-state index in [-0.39, 0.29) is 5.92 Å². The monoisotopic (exact) mass is 299 g/mol. The molecule has 1 aliphatic carbocycles. The summed E-state index contributed by atoms with van der Waals surface area (Å²) in [7, 11) is 6.28. The second kappa shape index (κ2) is 8.71. The number of carbonyl (C=O) groups is 1. The molecule has 1 saturated carbocycles. The van der Waals surface area contributed by atoms with Crippen molar-refractivity contribution in [2.75, 3.05) is 47.3 Å². The standard InChI is InChI=1S/C16H33N3O2/c1-5-10-17-16(15(20)21)9-6-7-14(16)8-11-19(4)13-12-18(2)3/h14,17H,5-13H2,1-4H3,(H,20,21). The highest BCUT2D eigenvalue weighted by Gasteiger charge is 2.48. The molecule has 2 N–H and O–H groups in total. The largest absolute Gasteiger partial charge is 0.480 e. The van der Waals surface area contributed by atoms with Crippen molar-refractivity contribution in [3.63, 3.8) is 0 Å². The molecule has 1 aliphatic rings. The number of aliphatic carboxylic acids is 1. The quantitative estimate of drug-likeness (QED) is 0.640. The van der Waals surface area contributed by atoms with E-state index < -0.39 is 11.5 Å². The molecule has 0 saturated heterocycles. The minimum absolute atomic E-state index is 0.253. The second-order valence-electron chi connectivity index (χ2n) is 6.69. The summed E-state index contributed by atoms with van der Waals surface area (Å²) in [5.41, 5.74) is -0.682. The molecule has 2 atom stereocenters. The molecule has 0 spiro atoms. The van der Waals surface area contributed by atoms with Crippen molar-refractivity contribution in [3.05, 3.63) is 0 Å². The van der Waals surface area contributed by atoms with Crippen LogP contribution in [0.2, 0.25) is 0 Å². The van der Waals surface area contributed by atoms with Gasteiger partial charge in [0.1, 0.15) is 5.54 Å². The smallest absolute Gasteiger partial charge is 0.324 e. The van der Waals surface area contributed by atoms with Crippen LogP contribution in [0.4, 0.5) is 0 Å². The van der Waals surface area contributed by atoms with E-state index in [1.807, 2.05) is 0 Å². The molecular weight excluding hydrogens is 266 g/mol. The molecule has 2 unspecified atom stereocenters. The van der Waals surface area contributed by atoms with Gasteiger partial charge in [-0.3, -0.25) is 4.79 Å². The lowest BCUT2D eigenvalue weighted by Crippen LogP contribution is -2.55. The number of nitrogens with one attached hydrogen (secondary N) is 1. The average Bonchev–Trinajstić information content (AvgIpc) is 2.84. The molecule has 21 heavy (non-hydrogen) atoms. The molecular formula is C16H33N3O2. The van der Waals surface area contributed by atoms with Gasteiger partial charge in [-0.1, -0.05) is 13.3 Å². The van der Waals surface area contributed by atoms with Crippen LogP contribution in [0, 0.1) is 5.92 Å². The van der Waals surface area contributed by atoms with Crippen molar-refractivity contribution in [2.24, 2.45) is 5.92 Å². The van der Waals surface area contributed by atoms with Crippen molar-refractivity contribution in [1.82, 2.24) is 15.1 Å². The van der Waals surface area contributed by atoms with Crippen LogP contribution in [0.5, 0.6) is 0 Å². The average molecular weight is 299 g/mol. The Bertz CT molecular complexity index is 323. The molecule has 0 radical (unpaired) electrons. The van der Waals surface area contributed by atoms with Gasteiger partial charge in [0.25, 0.3) is 0 Å². The van der Waals surface area contributed by atoms with Gasteiger partial charge >= 0.3 is 5.97 Å². The molecule has 0 aromatic rings. The van der Waals surface area contributed by atoms with E-state index in [0.29, 0.717) is 0 Å². The van der Waals surface area contributed by atoms with Gasteiger partial charge in [-0.2, -0.15) is 0 Å². The highest BCUT2D eigenvalue weighted by molar-refractivity contribution is 5.79. The fourth-order valence-electron chi connectivity index (χ4n) is 3.27. The molecule has 0 amide bonds. The van der Waals surface area contributed by atoms with Gasteiger partial charge in [-0.25, -0.2) is 0 Å². The zero-order chi connectivity index (χ0) is 15.9. The minimum Gasteiger partial charge on any atom is -0.480 e. The Hall–Kier alpha value is -0.650. The fraction of sp³-hybridized carbons (Fsp3) is 0.938. The SMILES string of the molecule is CCCNC1(C(=O)O)CCCC1CCN(C)CCN(C)C. The Morgan fingerprint density at radius 2 is 2.00 bits per heavy atom. The molecule has 1 rings (SSSR count). The van der Waals surface area contributed by atoms with Crippen LogP contribution < -0.4 is 5.32 Å². The normalized spacial score (nSPS) is 25.9. The van der Waals surface area contributed by atoms with E-state index in [4.69, 9.17) is 0 Å². The van der Waals surface area contributed by atoms with Crippen LogP contribution in [0.1, 0.15) is 39.0 Å². The van der Waals surface area contributed by atoms with Crippen LogP contribution in [0.25, 0.3) is 0 Å². The molecule has 124 valence electrons. The van der Waals surface area contributed by atoms with Crippen LogP contribution >= 0.6 is 0 Å². The summed E-state index contributed by atoms with van der Waals surface area (Å²) in [6, 6.07) is 0. The number of rotatable bonds is 10. The van der Waals surface area contributed by atoms with Crippen LogP contribution in [-0.4, -0.2) is 73.7 Å². The summed E-state index contributed by atoms with van der Waals surface area (Å²) in [5, 5.41) is 13.1. The lowest BCUT2D eigenvalue weighted by molar-refractivity contribution is -0.146. The summed E-state index contributed by atoms with van der Waals surface area (Å²) >= 11 is 0. The summed E-state index contributed by atoms with van der Waals surface area (Å²) < 4.78 is 0. The number of nitrogens with zero attached hydrogens (tertiary/aromatic N) is 2. The van der Waals surface area contributed by atoms with E-state index in [9.17, 15) is 9.90 Å². The van der Waals surface area contributed by atoms with Crippen molar-refractivity contribution < 1.29 is 9.90 Å². The van der Waals surface area contributed by atoms with Gasteiger partial charge in [0.05, 0.1) is 0 Å². The maximum absolute atomic E-state index is 11.8. The van der Waals surface area contributed by atoms with Crippen LogP contribution in [0.15, 0.2) is 0 Å². The Morgan fingerprint density at radius 1 is 1.29 bits per heavy atom. The van der Waals surface area contributed by atoms with Gasteiger partial charge in [0.2, 0.25) is 0 Å². The van der Waals surface area contributed by atoms with E-state index in [1.54, 1.807) is 0 Å². The second-order valence-corrected chi connectivity index (χ2v) is 6.69. The van der Waals surface area contributed by atoms with Crippen molar-refractivity contribution in [1.29, 1.82) is 0 Å². The molecule has 1 fully saturated rings. The van der Waals surface area contributed by atoms with Gasteiger partial charge < -0.3 is 20.2 Å². The Morgan fingerprint density at radius 3 is 2.57 bits per heavy atom. The molecule has 0 aromatic heterocycles. The maximum atomic E-state index is 11.8. The predicted molar refractivity (Wildman–Crippen MR) is 86.7 cm³/mol. The third kappa shape index (κ3) is 5.24. The summed E-state index contributed by atoms with van der Waals surface area (Å²) in [4.78, 5) is 16.3. The van der Waals surface area contributed by atoms with Crippen molar-refractivity contribution in [2.45, 2.75) is 44.6 Å². The fourth-order valence-corrected chi connectivity index (χ4v) is 3.27. The van der Waals surface area contributed by atoms with Gasteiger partial charge in [0.15, 0.2) is 0 Å². The highest BCUT2D eigenvalue weighted by Crippen LogP contribution is 2.38. The first-order valence-corrected chi connectivity index (χ1v) is 8.24. The zero-order valence-corrected chi connectivity index (χ0v) is 14.2. The lowest BCUT2D eigenvalue weighted by atomic mass is 9.84. The zero-order valence-electron chi connectivity index (χ0n) is 14.2. The first-order chi connectivity index (χ1) is 9.92. The Balaban J connectivity index is 2.53. The summed E-state index contributed by atoms with van der Waals surface area (Å²) in [6.07, 6.45) is 4.77. The van der Waals surface area contributed by atoms with Crippen LogP contribution in [-0.2, 0) is 4.79 Å². The van der Waals surface area contributed by atoms with E-state index >= 15 is 0 Å². The first kappa shape index (κ1) is 18.4. The van der Waals surface area contributed by atoms with Crippen molar-refractivity contribution in [3.8, 4) is 0 Å². The van der Waals surface area contributed by atoms with E-state index in [1.165, 1.54) is 0 Å². The molecule has 5 heteroatoms. The number of carboxylic acid groups (broad SMARTS) is 1. The molecule has 0 aliphatic heterocycles. The Labute approximate surface area is 129 Å². The minimum atomic E-state index is -0.682. The van der Waals surface area contributed by atoms with Gasteiger partial charge in [-0.15, -0.1) is 0 Å². The molecule has 0 aromatic carbocycles. The molecule has 5 nitrogen and oxygen atoms in total. The van der Waals surface area contributed by atoms with Gasteiger partial charge in [0, 0.05) is 13.1 Å². The van der Waals surface area contributed by atoms with E-state index in [0.717, 1.165) is 58.3 Å². The van der Waals surface area contributed by atoms with Crippen LogP contribution in [0.3, 0.4) is 0 Å². The van der Waals surface area contributed by atoms with Gasteiger partial charge in [-0.05, 0) is 65.8 Å². The number of likely N-dealkylation sites (N-methyl/N-ethyl adjacent to an activating group) is 2. The first-order valence-electron chi connectivity index (χ1n) is 8.24. The maximum Gasteiger partial charge on any atom is 0.324 e. The number of carboxylic acids is 1. The third-order valence-corrected chi connectivity index (χ3v) is 4.68. The Kier molecular flexibility index (Phi) is 7.63. The molecule has 0 heterocycles. The van der Waals surface area contributed by atoms with E-state index in [2.05, 4.69) is 43.2 Å². The topological polar surface area (TPSA) is 55.8 Å². The third-order valence-electron chi connectivity index (χ3n) is 4.68.